The van der Waals surface area contributed by atoms with Gasteiger partial charge in [0, 0.05) is 19.8 Å². The van der Waals surface area contributed by atoms with Crippen LogP contribution < -0.4 is 16.6 Å². The van der Waals surface area contributed by atoms with Crippen molar-refractivity contribution in [3.05, 3.63) is 81.8 Å². The van der Waals surface area contributed by atoms with E-state index in [1.807, 2.05) is 68.4 Å². The molecule has 0 fully saturated rings. The summed E-state index contributed by atoms with van der Waals surface area (Å²) in [6, 6.07) is 16.9. The molecule has 2 aromatic carbocycles. The fourth-order valence-electron chi connectivity index (χ4n) is 3.92. The second-order valence-electron chi connectivity index (χ2n) is 8.15. The van der Waals surface area contributed by atoms with Crippen LogP contribution in [-0.4, -0.2) is 24.6 Å². The predicted molar refractivity (Wildman–Crippen MR) is 125 cm³/mol. The monoisotopic (exact) mass is 431 g/mol. The third-order valence-electron chi connectivity index (χ3n) is 5.63. The lowest BCUT2D eigenvalue weighted by molar-refractivity contribution is -0.120. The molecule has 0 bridgehead atoms. The number of aromatic nitrogens is 4. The molecule has 4 aromatic rings. The maximum Gasteiger partial charge on any atom is 0.332 e. The molecule has 1 N–H and O–H groups in total. The molecular weight excluding hydrogens is 406 g/mol. The van der Waals surface area contributed by atoms with Crippen molar-refractivity contribution in [2.24, 2.45) is 20.0 Å². The zero-order chi connectivity index (χ0) is 23.0. The maximum absolute atomic E-state index is 13.3. The van der Waals surface area contributed by atoms with Crippen molar-refractivity contribution < 1.29 is 4.79 Å². The van der Waals surface area contributed by atoms with E-state index in [1.165, 1.54) is 17.9 Å². The van der Waals surface area contributed by atoms with Crippen LogP contribution in [-0.2, 0) is 18.9 Å². The Bertz CT molecular complexity index is 1400. The highest BCUT2D eigenvalue weighted by atomic mass is 16.2. The summed E-state index contributed by atoms with van der Waals surface area (Å²) in [6.45, 7) is 3.81. The third-order valence-corrected chi connectivity index (χ3v) is 5.63. The molecule has 0 aliphatic rings. The molecule has 4 rings (SSSR count). The molecule has 1 unspecified atom stereocenters. The van der Waals surface area contributed by atoms with Crippen molar-refractivity contribution in [3.8, 4) is 11.1 Å². The smallest absolute Gasteiger partial charge is 0.324 e. The first-order valence-electron chi connectivity index (χ1n) is 10.4. The number of carbonyl (C=O) groups excluding carboxylic acids is 1. The van der Waals surface area contributed by atoms with Gasteiger partial charge in [-0.15, -0.1) is 0 Å². The second kappa shape index (κ2) is 8.30. The Kier molecular flexibility index (Phi) is 5.52. The van der Waals surface area contributed by atoms with Crippen molar-refractivity contribution in [1.82, 2.24) is 18.7 Å². The molecule has 0 saturated carbocycles. The Hall–Kier alpha value is -3.94. The molecule has 1 amide bonds. The molecule has 0 radical (unpaired) electrons. The Morgan fingerprint density at radius 2 is 1.53 bits per heavy atom. The van der Waals surface area contributed by atoms with Crippen LogP contribution in [0, 0.1) is 5.92 Å². The number of imidazole rings is 1. The highest BCUT2D eigenvalue weighted by molar-refractivity contribution is 5.95. The average molecular weight is 431 g/mol. The summed E-state index contributed by atoms with van der Waals surface area (Å²) < 4.78 is 3.90. The van der Waals surface area contributed by atoms with Crippen molar-refractivity contribution in [2.45, 2.75) is 19.9 Å². The molecule has 8 heteroatoms. The van der Waals surface area contributed by atoms with Crippen LogP contribution in [0.2, 0.25) is 0 Å². The number of nitrogens with one attached hydrogen (secondary N) is 1. The van der Waals surface area contributed by atoms with Crippen molar-refractivity contribution in [1.29, 1.82) is 0 Å². The first-order valence-corrected chi connectivity index (χ1v) is 10.4. The van der Waals surface area contributed by atoms with E-state index in [2.05, 4.69) is 10.3 Å². The van der Waals surface area contributed by atoms with Gasteiger partial charge in [0.15, 0.2) is 11.2 Å². The Labute approximate surface area is 184 Å². The topological polar surface area (TPSA) is 90.9 Å². The van der Waals surface area contributed by atoms with Crippen LogP contribution in [0.1, 0.15) is 19.9 Å². The molecule has 0 aliphatic carbocycles. The summed E-state index contributed by atoms with van der Waals surface area (Å²) in [5, 5.41) is 2.95. The number of nitrogens with zero attached hydrogens (tertiary/aromatic N) is 4. The Morgan fingerprint density at radius 3 is 2.16 bits per heavy atom. The fourth-order valence-corrected chi connectivity index (χ4v) is 3.92. The highest BCUT2D eigenvalue weighted by Crippen LogP contribution is 2.25. The first-order chi connectivity index (χ1) is 15.3. The molecule has 0 saturated heterocycles. The van der Waals surface area contributed by atoms with E-state index in [1.54, 1.807) is 11.6 Å². The van der Waals surface area contributed by atoms with Gasteiger partial charge >= 0.3 is 5.69 Å². The summed E-state index contributed by atoms with van der Waals surface area (Å²) in [7, 11) is 2.97. The zero-order valence-corrected chi connectivity index (χ0v) is 18.4. The van der Waals surface area contributed by atoms with Gasteiger partial charge in [0.25, 0.3) is 5.56 Å². The quantitative estimate of drug-likeness (QED) is 0.526. The molecular formula is C24H25N5O3. The van der Waals surface area contributed by atoms with Crippen LogP contribution in [0.25, 0.3) is 22.3 Å². The summed E-state index contributed by atoms with van der Waals surface area (Å²) in [4.78, 5) is 42.6. The van der Waals surface area contributed by atoms with Crippen LogP contribution in [0.5, 0.6) is 0 Å². The number of hydrogen-bond donors (Lipinski definition) is 1. The van der Waals surface area contributed by atoms with E-state index in [4.69, 9.17) is 0 Å². The number of hydrogen-bond acceptors (Lipinski definition) is 4. The molecule has 2 aromatic heterocycles. The third kappa shape index (κ3) is 3.64. The SMILES string of the molecule is CC(C)C(C(=O)Nc1ccc(-c2ccccc2)cc1)n1cnc2c1c(=O)n(C)c(=O)n2C. The summed E-state index contributed by atoms with van der Waals surface area (Å²) >= 11 is 0. The molecule has 8 nitrogen and oxygen atoms in total. The van der Waals surface area contributed by atoms with Gasteiger partial charge in [-0.2, -0.15) is 0 Å². The van der Waals surface area contributed by atoms with E-state index >= 15 is 0 Å². The van der Waals surface area contributed by atoms with E-state index in [0.29, 0.717) is 5.69 Å². The summed E-state index contributed by atoms with van der Waals surface area (Å²) in [5.41, 5.74) is 2.34. The van der Waals surface area contributed by atoms with Gasteiger partial charge in [-0.1, -0.05) is 56.3 Å². The molecule has 1 atom stereocenters. The first kappa shape index (κ1) is 21.3. The van der Waals surface area contributed by atoms with Crippen molar-refractivity contribution in [3.63, 3.8) is 0 Å². The minimum Gasteiger partial charge on any atom is -0.324 e. The summed E-state index contributed by atoms with van der Waals surface area (Å²) in [6.07, 6.45) is 1.45. The number of fused-ring (bicyclic) bond motifs is 1. The van der Waals surface area contributed by atoms with E-state index in [-0.39, 0.29) is 23.0 Å². The van der Waals surface area contributed by atoms with Crippen LogP contribution in [0.15, 0.2) is 70.5 Å². The number of anilines is 1. The zero-order valence-electron chi connectivity index (χ0n) is 18.4. The molecule has 0 spiro atoms. The van der Waals surface area contributed by atoms with Crippen LogP contribution in [0.3, 0.4) is 0 Å². The Morgan fingerprint density at radius 1 is 0.906 bits per heavy atom. The van der Waals surface area contributed by atoms with Gasteiger partial charge in [0.2, 0.25) is 5.91 Å². The second-order valence-corrected chi connectivity index (χ2v) is 8.15. The van der Waals surface area contributed by atoms with Gasteiger partial charge in [0.1, 0.15) is 6.04 Å². The molecule has 2 heterocycles. The lowest BCUT2D eigenvalue weighted by atomic mass is 10.0. The highest BCUT2D eigenvalue weighted by Gasteiger charge is 2.28. The normalized spacial score (nSPS) is 12.3. The number of amides is 1. The van der Waals surface area contributed by atoms with Crippen LogP contribution >= 0.6 is 0 Å². The van der Waals surface area contributed by atoms with E-state index in [0.717, 1.165) is 15.7 Å². The van der Waals surface area contributed by atoms with Gasteiger partial charge in [-0.3, -0.25) is 18.7 Å². The van der Waals surface area contributed by atoms with Crippen molar-refractivity contribution in [2.75, 3.05) is 5.32 Å². The van der Waals surface area contributed by atoms with E-state index in [9.17, 15) is 14.4 Å². The average Bonchev–Trinajstić information content (AvgIpc) is 3.22. The summed E-state index contributed by atoms with van der Waals surface area (Å²) in [5.74, 6) is -0.388. The number of aryl methyl sites for hydroxylation is 1. The number of benzene rings is 2. The standard InChI is InChI=1S/C24H25N5O3/c1-15(2)19(29-14-25-21-20(29)23(31)28(4)24(32)27(21)3)22(30)26-18-12-10-17(11-13-18)16-8-6-5-7-9-16/h5-15,19H,1-4H3,(H,26,30). The Balaban J connectivity index is 1.68. The number of carbonyl (C=O) groups is 1. The molecule has 164 valence electrons. The van der Waals surface area contributed by atoms with Crippen LogP contribution in [0.4, 0.5) is 5.69 Å². The van der Waals surface area contributed by atoms with Gasteiger partial charge in [-0.05, 0) is 29.2 Å². The number of rotatable bonds is 5. The van der Waals surface area contributed by atoms with Gasteiger partial charge in [-0.25, -0.2) is 9.78 Å². The minimum absolute atomic E-state index is 0.127. The lowest BCUT2D eigenvalue weighted by Gasteiger charge is -2.22. The fraction of sp³-hybridized carbons (Fsp3) is 0.250. The molecule has 0 aliphatic heterocycles. The van der Waals surface area contributed by atoms with Crippen molar-refractivity contribution >= 4 is 22.8 Å². The predicted octanol–water partition coefficient (Wildman–Crippen LogP) is 2.94. The lowest BCUT2D eigenvalue weighted by Crippen LogP contribution is -2.39. The largest absolute Gasteiger partial charge is 0.332 e. The van der Waals surface area contributed by atoms with Gasteiger partial charge < -0.3 is 9.88 Å². The van der Waals surface area contributed by atoms with Gasteiger partial charge in [0.05, 0.1) is 6.33 Å². The minimum atomic E-state index is -0.681. The van der Waals surface area contributed by atoms with E-state index < -0.39 is 17.3 Å². The molecule has 32 heavy (non-hydrogen) atoms. The maximum atomic E-state index is 13.3.